The van der Waals surface area contributed by atoms with Crippen molar-refractivity contribution in [2.24, 2.45) is 5.73 Å². The Labute approximate surface area is 81.4 Å². The zero-order valence-electron chi connectivity index (χ0n) is 7.53. The molecular formula is C10H11FN2O. The molecule has 0 aliphatic carbocycles. The molecule has 0 fully saturated rings. The number of anilines is 1. The van der Waals surface area contributed by atoms with E-state index in [0.717, 1.165) is 0 Å². The van der Waals surface area contributed by atoms with Crippen molar-refractivity contribution in [2.75, 3.05) is 11.9 Å². The van der Waals surface area contributed by atoms with Crippen LogP contribution in [0.3, 0.4) is 0 Å². The van der Waals surface area contributed by atoms with E-state index in [-0.39, 0.29) is 11.7 Å². The van der Waals surface area contributed by atoms with E-state index in [2.05, 4.69) is 5.32 Å². The van der Waals surface area contributed by atoms with Crippen molar-refractivity contribution < 1.29 is 9.18 Å². The first-order valence-corrected chi connectivity index (χ1v) is 4.15. The SMILES string of the molecule is NC/C=C/C(=O)Nc1cccc(F)c1. The molecule has 1 amide bonds. The summed E-state index contributed by atoms with van der Waals surface area (Å²) in [6.45, 7) is 0.302. The van der Waals surface area contributed by atoms with Crippen LogP contribution in [0.25, 0.3) is 0 Å². The highest BCUT2D eigenvalue weighted by molar-refractivity contribution is 5.99. The van der Waals surface area contributed by atoms with Gasteiger partial charge in [0.2, 0.25) is 5.91 Å². The molecule has 0 saturated carbocycles. The van der Waals surface area contributed by atoms with Crippen molar-refractivity contribution in [2.45, 2.75) is 0 Å². The number of benzene rings is 1. The molecule has 14 heavy (non-hydrogen) atoms. The minimum absolute atomic E-state index is 0.302. The van der Waals surface area contributed by atoms with Crippen LogP contribution in [0, 0.1) is 5.82 Å². The van der Waals surface area contributed by atoms with Crippen molar-refractivity contribution in [1.29, 1.82) is 0 Å². The van der Waals surface area contributed by atoms with Gasteiger partial charge in [-0.2, -0.15) is 0 Å². The molecular weight excluding hydrogens is 183 g/mol. The van der Waals surface area contributed by atoms with Crippen LogP contribution in [-0.2, 0) is 4.79 Å². The van der Waals surface area contributed by atoms with Gasteiger partial charge in [0, 0.05) is 18.3 Å². The topological polar surface area (TPSA) is 55.1 Å². The van der Waals surface area contributed by atoms with Crippen molar-refractivity contribution in [3.05, 3.63) is 42.2 Å². The van der Waals surface area contributed by atoms with Crippen LogP contribution >= 0.6 is 0 Å². The lowest BCUT2D eigenvalue weighted by atomic mass is 10.3. The summed E-state index contributed by atoms with van der Waals surface area (Å²) in [6.07, 6.45) is 2.83. The summed E-state index contributed by atoms with van der Waals surface area (Å²) in [5.41, 5.74) is 5.59. The first-order chi connectivity index (χ1) is 6.72. The zero-order valence-corrected chi connectivity index (χ0v) is 7.53. The molecule has 1 aromatic rings. The molecule has 0 unspecified atom stereocenters. The van der Waals surface area contributed by atoms with Gasteiger partial charge in [0.15, 0.2) is 0 Å². The fraction of sp³-hybridized carbons (Fsp3) is 0.100. The van der Waals surface area contributed by atoms with Crippen LogP contribution in [0.1, 0.15) is 0 Å². The van der Waals surface area contributed by atoms with Crippen LogP contribution in [-0.4, -0.2) is 12.5 Å². The van der Waals surface area contributed by atoms with Gasteiger partial charge in [0.05, 0.1) is 0 Å². The summed E-state index contributed by atoms with van der Waals surface area (Å²) < 4.78 is 12.7. The van der Waals surface area contributed by atoms with Crippen LogP contribution < -0.4 is 11.1 Å². The van der Waals surface area contributed by atoms with E-state index in [9.17, 15) is 9.18 Å². The average Bonchev–Trinajstić information content (AvgIpc) is 2.15. The molecule has 1 aromatic carbocycles. The molecule has 0 spiro atoms. The number of hydrogen-bond acceptors (Lipinski definition) is 2. The molecule has 0 radical (unpaired) electrons. The van der Waals surface area contributed by atoms with Gasteiger partial charge < -0.3 is 11.1 Å². The Morgan fingerprint density at radius 3 is 3.00 bits per heavy atom. The van der Waals surface area contributed by atoms with Gasteiger partial charge in [-0.25, -0.2) is 4.39 Å². The second-order valence-electron chi connectivity index (χ2n) is 2.64. The van der Waals surface area contributed by atoms with E-state index < -0.39 is 0 Å². The smallest absolute Gasteiger partial charge is 0.248 e. The molecule has 0 aliphatic rings. The minimum atomic E-state index is -0.384. The van der Waals surface area contributed by atoms with Crippen molar-refractivity contribution in [1.82, 2.24) is 0 Å². The largest absolute Gasteiger partial charge is 0.327 e. The number of halogens is 1. The third-order valence-corrected chi connectivity index (χ3v) is 1.50. The standard InChI is InChI=1S/C10H11FN2O/c11-8-3-1-4-9(7-8)13-10(14)5-2-6-12/h1-5,7H,6,12H2,(H,13,14)/b5-2+. The molecule has 0 aromatic heterocycles. The number of nitrogens with two attached hydrogens (primary N) is 1. The highest BCUT2D eigenvalue weighted by atomic mass is 19.1. The van der Waals surface area contributed by atoms with Gasteiger partial charge in [-0.1, -0.05) is 12.1 Å². The van der Waals surface area contributed by atoms with E-state index in [0.29, 0.717) is 12.2 Å². The van der Waals surface area contributed by atoms with E-state index in [4.69, 9.17) is 5.73 Å². The zero-order chi connectivity index (χ0) is 10.4. The van der Waals surface area contributed by atoms with Gasteiger partial charge in [-0.05, 0) is 18.2 Å². The highest BCUT2D eigenvalue weighted by Gasteiger charge is 1.97. The molecule has 0 heterocycles. The lowest BCUT2D eigenvalue weighted by Gasteiger charge is -2.00. The van der Waals surface area contributed by atoms with Crippen LogP contribution in [0.4, 0.5) is 10.1 Å². The molecule has 3 N–H and O–H groups in total. The maximum absolute atomic E-state index is 12.7. The fourth-order valence-corrected chi connectivity index (χ4v) is 0.925. The summed E-state index contributed by atoms with van der Waals surface area (Å²) in [6, 6.07) is 5.69. The summed E-state index contributed by atoms with van der Waals surface area (Å²) in [7, 11) is 0. The van der Waals surface area contributed by atoms with Gasteiger partial charge in [0.25, 0.3) is 0 Å². The lowest BCUT2D eigenvalue weighted by molar-refractivity contribution is -0.111. The predicted molar refractivity (Wildman–Crippen MR) is 53.2 cm³/mol. The normalized spacial score (nSPS) is 10.4. The number of hydrogen-bond donors (Lipinski definition) is 2. The Morgan fingerprint density at radius 1 is 1.57 bits per heavy atom. The number of amides is 1. The highest BCUT2D eigenvalue weighted by Crippen LogP contribution is 2.08. The number of carbonyl (C=O) groups excluding carboxylic acids is 1. The van der Waals surface area contributed by atoms with Crippen molar-refractivity contribution in [3.8, 4) is 0 Å². The predicted octanol–water partition coefficient (Wildman–Crippen LogP) is 1.28. The maximum atomic E-state index is 12.7. The quantitative estimate of drug-likeness (QED) is 0.712. The molecule has 0 aliphatic heterocycles. The summed E-state index contributed by atoms with van der Waals surface area (Å²) in [5.74, 6) is -0.702. The minimum Gasteiger partial charge on any atom is -0.327 e. The number of carbonyl (C=O) groups is 1. The fourth-order valence-electron chi connectivity index (χ4n) is 0.925. The Bertz CT molecular complexity index is 350. The molecule has 0 atom stereocenters. The van der Waals surface area contributed by atoms with E-state index in [1.807, 2.05) is 0 Å². The Hall–Kier alpha value is -1.68. The van der Waals surface area contributed by atoms with E-state index in [1.165, 1.54) is 30.4 Å². The maximum Gasteiger partial charge on any atom is 0.248 e. The van der Waals surface area contributed by atoms with Crippen molar-refractivity contribution >= 4 is 11.6 Å². The van der Waals surface area contributed by atoms with E-state index in [1.54, 1.807) is 6.07 Å². The molecule has 0 saturated heterocycles. The summed E-state index contributed by atoms with van der Waals surface area (Å²) in [4.78, 5) is 11.1. The third kappa shape index (κ3) is 3.37. The first-order valence-electron chi connectivity index (χ1n) is 4.15. The molecule has 74 valence electrons. The van der Waals surface area contributed by atoms with Crippen LogP contribution in [0.5, 0.6) is 0 Å². The van der Waals surface area contributed by atoms with E-state index >= 15 is 0 Å². The molecule has 1 rings (SSSR count). The third-order valence-electron chi connectivity index (χ3n) is 1.50. The molecule has 4 heteroatoms. The number of nitrogens with one attached hydrogen (secondary N) is 1. The Morgan fingerprint density at radius 2 is 2.36 bits per heavy atom. The lowest BCUT2D eigenvalue weighted by Crippen LogP contribution is -2.08. The molecule has 0 bridgehead atoms. The molecule has 3 nitrogen and oxygen atoms in total. The Kier molecular flexibility index (Phi) is 3.82. The number of rotatable bonds is 3. The van der Waals surface area contributed by atoms with Gasteiger partial charge in [-0.3, -0.25) is 4.79 Å². The monoisotopic (exact) mass is 194 g/mol. The summed E-state index contributed by atoms with van der Waals surface area (Å²) >= 11 is 0. The van der Waals surface area contributed by atoms with Gasteiger partial charge in [0.1, 0.15) is 5.82 Å². The summed E-state index contributed by atoms with van der Waals surface area (Å²) in [5, 5.41) is 2.50. The van der Waals surface area contributed by atoms with Gasteiger partial charge >= 0.3 is 0 Å². The van der Waals surface area contributed by atoms with Crippen LogP contribution in [0.15, 0.2) is 36.4 Å². The average molecular weight is 194 g/mol. The van der Waals surface area contributed by atoms with Gasteiger partial charge in [-0.15, -0.1) is 0 Å². The second kappa shape index (κ2) is 5.14. The first kappa shape index (κ1) is 10.4. The van der Waals surface area contributed by atoms with Crippen LogP contribution in [0.2, 0.25) is 0 Å². The van der Waals surface area contributed by atoms with Crippen molar-refractivity contribution in [3.63, 3.8) is 0 Å². The second-order valence-corrected chi connectivity index (χ2v) is 2.64. The Balaban J connectivity index is 2.60.